The molecule has 0 saturated carbocycles. The maximum atomic E-state index is 11.9. The molecule has 104 valence electrons. The van der Waals surface area contributed by atoms with Crippen LogP contribution in [0.15, 0.2) is 18.2 Å². The molecule has 0 aliphatic rings. The van der Waals surface area contributed by atoms with E-state index in [0.29, 0.717) is 10.7 Å². The summed E-state index contributed by atoms with van der Waals surface area (Å²) >= 11 is 5.84. The van der Waals surface area contributed by atoms with Gasteiger partial charge in [-0.2, -0.15) is 0 Å². The lowest BCUT2D eigenvalue weighted by Gasteiger charge is -2.21. The Labute approximate surface area is 117 Å². The van der Waals surface area contributed by atoms with Gasteiger partial charge in [0.1, 0.15) is 0 Å². The molecule has 0 spiro atoms. The van der Waals surface area contributed by atoms with E-state index in [1.807, 2.05) is 6.92 Å². The van der Waals surface area contributed by atoms with E-state index in [2.05, 4.69) is 5.32 Å². The Kier molecular flexibility index (Phi) is 4.95. The number of benzene rings is 1. The summed E-state index contributed by atoms with van der Waals surface area (Å²) in [5, 5.41) is 12.2. The number of nitrogens with one attached hydrogen (secondary N) is 1. The Hall–Kier alpha value is -1.55. The molecule has 0 saturated heterocycles. The molecule has 0 atom stereocenters. The molecular weight excluding hydrogens is 266 g/mol. The average molecular weight is 284 g/mol. The Bertz CT molecular complexity index is 497. The summed E-state index contributed by atoms with van der Waals surface area (Å²) in [6.07, 6.45) is 0.112. The molecule has 2 N–H and O–H groups in total. The van der Waals surface area contributed by atoms with Crippen molar-refractivity contribution in [2.75, 3.05) is 5.32 Å². The van der Waals surface area contributed by atoms with Crippen LogP contribution in [0, 0.1) is 12.3 Å². The van der Waals surface area contributed by atoms with Gasteiger partial charge in [0, 0.05) is 17.1 Å². The standard InChI is InChI=1S/C14H18ClNO3/c1-9-6-10(15)4-5-11(9)16-12(17)7-14(2,3)8-13(18)19/h4-6H,7-8H2,1-3H3,(H,16,17)(H,18,19). The van der Waals surface area contributed by atoms with Crippen LogP contribution < -0.4 is 5.32 Å². The van der Waals surface area contributed by atoms with Gasteiger partial charge >= 0.3 is 5.97 Å². The van der Waals surface area contributed by atoms with Crippen LogP contribution in [0.4, 0.5) is 5.69 Å². The third-order valence-electron chi connectivity index (χ3n) is 2.73. The number of anilines is 1. The van der Waals surface area contributed by atoms with Gasteiger partial charge in [-0.1, -0.05) is 25.4 Å². The molecule has 0 bridgehead atoms. The van der Waals surface area contributed by atoms with Crippen LogP contribution in [-0.2, 0) is 9.59 Å². The maximum Gasteiger partial charge on any atom is 0.303 e. The zero-order valence-corrected chi connectivity index (χ0v) is 12.0. The number of aryl methyl sites for hydroxylation is 1. The van der Waals surface area contributed by atoms with Crippen LogP contribution in [0.1, 0.15) is 32.3 Å². The largest absolute Gasteiger partial charge is 0.481 e. The second-order valence-electron chi connectivity index (χ2n) is 5.42. The lowest BCUT2D eigenvalue weighted by molar-refractivity contribution is -0.139. The van der Waals surface area contributed by atoms with E-state index >= 15 is 0 Å². The molecule has 0 aliphatic heterocycles. The minimum absolute atomic E-state index is 0.0416. The number of rotatable bonds is 5. The highest BCUT2D eigenvalue weighted by Crippen LogP contribution is 2.26. The molecule has 1 amide bonds. The fraction of sp³-hybridized carbons (Fsp3) is 0.429. The number of carboxylic acids is 1. The molecule has 4 nitrogen and oxygen atoms in total. The van der Waals surface area contributed by atoms with Crippen LogP contribution >= 0.6 is 11.6 Å². The van der Waals surface area contributed by atoms with Crippen molar-refractivity contribution in [2.45, 2.75) is 33.6 Å². The third kappa shape index (κ3) is 5.30. The second kappa shape index (κ2) is 6.06. The Morgan fingerprint density at radius 3 is 2.47 bits per heavy atom. The summed E-state index contributed by atoms with van der Waals surface area (Å²) in [7, 11) is 0. The number of halogens is 1. The van der Waals surface area contributed by atoms with E-state index in [1.54, 1.807) is 32.0 Å². The van der Waals surface area contributed by atoms with Crippen molar-refractivity contribution in [3.63, 3.8) is 0 Å². The normalized spacial score (nSPS) is 11.2. The van der Waals surface area contributed by atoms with Crippen LogP contribution in [0.2, 0.25) is 5.02 Å². The molecule has 1 aromatic carbocycles. The molecule has 5 heteroatoms. The van der Waals surface area contributed by atoms with Gasteiger partial charge in [0.05, 0.1) is 6.42 Å². The Morgan fingerprint density at radius 1 is 1.32 bits per heavy atom. The van der Waals surface area contributed by atoms with Crippen molar-refractivity contribution < 1.29 is 14.7 Å². The van der Waals surface area contributed by atoms with Crippen molar-refractivity contribution in [1.82, 2.24) is 0 Å². The van der Waals surface area contributed by atoms with E-state index in [-0.39, 0.29) is 18.7 Å². The Morgan fingerprint density at radius 2 is 1.95 bits per heavy atom. The monoisotopic (exact) mass is 283 g/mol. The molecule has 0 radical (unpaired) electrons. The van der Waals surface area contributed by atoms with Crippen molar-refractivity contribution in [3.05, 3.63) is 28.8 Å². The van der Waals surface area contributed by atoms with Gasteiger partial charge in [0.25, 0.3) is 0 Å². The quantitative estimate of drug-likeness (QED) is 0.869. The predicted octanol–water partition coefficient (Wildman–Crippen LogP) is 3.48. The topological polar surface area (TPSA) is 66.4 Å². The molecule has 0 unspecified atom stereocenters. The van der Waals surface area contributed by atoms with Crippen molar-refractivity contribution in [3.8, 4) is 0 Å². The molecule has 0 fully saturated rings. The number of hydrogen-bond acceptors (Lipinski definition) is 2. The number of carbonyl (C=O) groups excluding carboxylic acids is 1. The number of amides is 1. The van der Waals surface area contributed by atoms with Gasteiger partial charge in [0.2, 0.25) is 5.91 Å². The number of carboxylic acid groups (broad SMARTS) is 1. The minimum atomic E-state index is -0.902. The van der Waals surface area contributed by atoms with E-state index < -0.39 is 11.4 Å². The summed E-state index contributed by atoms with van der Waals surface area (Å²) in [5.74, 6) is -1.10. The van der Waals surface area contributed by atoms with Gasteiger partial charge in [-0.25, -0.2) is 0 Å². The second-order valence-corrected chi connectivity index (χ2v) is 5.86. The Balaban J connectivity index is 2.67. The van der Waals surface area contributed by atoms with Crippen molar-refractivity contribution in [1.29, 1.82) is 0 Å². The SMILES string of the molecule is Cc1cc(Cl)ccc1NC(=O)CC(C)(C)CC(=O)O. The maximum absolute atomic E-state index is 11.9. The number of aliphatic carboxylic acids is 1. The van der Waals surface area contributed by atoms with Gasteiger partial charge in [-0.15, -0.1) is 0 Å². The molecule has 1 aromatic rings. The first-order valence-corrected chi connectivity index (χ1v) is 6.35. The number of carbonyl (C=O) groups is 2. The number of hydrogen-bond donors (Lipinski definition) is 2. The van der Waals surface area contributed by atoms with Gasteiger partial charge in [-0.05, 0) is 36.1 Å². The molecule has 0 aromatic heterocycles. The zero-order valence-electron chi connectivity index (χ0n) is 11.3. The molecule has 0 heterocycles. The summed E-state index contributed by atoms with van der Waals surface area (Å²) in [5.41, 5.74) is 0.994. The highest BCUT2D eigenvalue weighted by atomic mass is 35.5. The summed E-state index contributed by atoms with van der Waals surface area (Å²) in [6, 6.07) is 5.20. The minimum Gasteiger partial charge on any atom is -0.481 e. The average Bonchev–Trinajstić information content (AvgIpc) is 2.19. The van der Waals surface area contributed by atoms with Gasteiger partial charge in [0.15, 0.2) is 0 Å². The summed E-state index contributed by atoms with van der Waals surface area (Å²) in [4.78, 5) is 22.6. The molecule has 1 rings (SSSR count). The van der Waals surface area contributed by atoms with Gasteiger partial charge in [-0.3, -0.25) is 9.59 Å². The van der Waals surface area contributed by atoms with E-state index in [1.165, 1.54) is 0 Å². The van der Waals surface area contributed by atoms with Crippen molar-refractivity contribution >= 4 is 29.2 Å². The first-order chi connectivity index (χ1) is 8.69. The van der Waals surface area contributed by atoms with E-state index in [0.717, 1.165) is 5.56 Å². The van der Waals surface area contributed by atoms with Crippen LogP contribution in [0.5, 0.6) is 0 Å². The predicted molar refractivity (Wildman–Crippen MR) is 75.5 cm³/mol. The molecule has 19 heavy (non-hydrogen) atoms. The smallest absolute Gasteiger partial charge is 0.303 e. The third-order valence-corrected chi connectivity index (χ3v) is 2.97. The lowest BCUT2D eigenvalue weighted by atomic mass is 9.85. The summed E-state index contributed by atoms with van der Waals surface area (Å²) < 4.78 is 0. The van der Waals surface area contributed by atoms with Crippen LogP contribution in [0.25, 0.3) is 0 Å². The first kappa shape index (κ1) is 15.5. The van der Waals surface area contributed by atoms with Crippen LogP contribution in [-0.4, -0.2) is 17.0 Å². The van der Waals surface area contributed by atoms with Crippen molar-refractivity contribution in [2.24, 2.45) is 5.41 Å². The van der Waals surface area contributed by atoms with Gasteiger partial charge < -0.3 is 10.4 Å². The molecule has 0 aliphatic carbocycles. The highest BCUT2D eigenvalue weighted by molar-refractivity contribution is 6.30. The molecular formula is C14H18ClNO3. The summed E-state index contributed by atoms with van der Waals surface area (Å²) in [6.45, 7) is 5.37. The van der Waals surface area contributed by atoms with Crippen LogP contribution in [0.3, 0.4) is 0 Å². The van der Waals surface area contributed by atoms with E-state index in [9.17, 15) is 9.59 Å². The van der Waals surface area contributed by atoms with E-state index in [4.69, 9.17) is 16.7 Å². The fourth-order valence-electron chi connectivity index (χ4n) is 1.87. The first-order valence-electron chi connectivity index (χ1n) is 5.97. The zero-order chi connectivity index (χ0) is 14.6. The lowest BCUT2D eigenvalue weighted by Crippen LogP contribution is -2.25. The highest BCUT2D eigenvalue weighted by Gasteiger charge is 2.25. The fourth-order valence-corrected chi connectivity index (χ4v) is 2.09.